The van der Waals surface area contributed by atoms with Gasteiger partial charge in [0, 0.05) is 29.1 Å². The average molecular weight is 409 g/mol. The molecule has 2 atom stereocenters. The van der Waals surface area contributed by atoms with Crippen LogP contribution in [0.2, 0.25) is 0 Å². The van der Waals surface area contributed by atoms with Gasteiger partial charge in [-0.1, -0.05) is 6.92 Å². The summed E-state index contributed by atoms with van der Waals surface area (Å²) in [6.45, 7) is 5.85. The fraction of sp³-hybridized carbons (Fsp3) is 0.286. The lowest BCUT2D eigenvalue weighted by Gasteiger charge is -2.22. The van der Waals surface area contributed by atoms with E-state index in [9.17, 15) is 9.18 Å². The van der Waals surface area contributed by atoms with E-state index in [0.29, 0.717) is 28.1 Å². The van der Waals surface area contributed by atoms with Gasteiger partial charge in [-0.15, -0.1) is 0 Å². The first-order valence-electron chi connectivity index (χ1n) is 9.82. The molecule has 3 aromatic heterocycles. The van der Waals surface area contributed by atoms with Crippen LogP contribution in [0.4, 0.5) is 21.7 Å². The summed E-state index contributed by atoms with van der Waals surface area (Å²) in [5.41, 5.74) is 7.81. The average Bonchev–Trinajstić information content (AvgIpc) is 3.06. The van der Waals surface area contributed by atoms with Gasteiger partial charge < -0.3 is 21.4 Å². The standard InChI is InChI=1S/C21H24FN7O/c1-4-15(11(3)23)26-17-5-12-9-25-29-21(30)18(12)20(28-17)27-16-7-13(22)6-14-10(2)8-24-19(14)16/h5-9,11,15,24H,4,23H2,1-3H3,(H,29,30)(H2,26,27,28)/t11?,15-/m1/s1. The third-order valence-corrected chi connectivity index (χ3v) is 5.27. The van der Waals surface area contributed by atoms with Crippen molar-refractivity contribution >= 4 is 39.0 Å². The molecule has 30 heavy (non-hydrogen) atoms. The largest absolute Gasteiger partial charge is 0.366 e. The van der Waals surface area contributed by atoms with E-state index in [1.807, 2.05) is 27.0 Å². The van der Waals surface area contributed by atoms with Crippen molar-refractivity contribution in [2.75, 3.05) is 10.6 Å². The molecule has 0 amide bonds. The first-order chi connectivity index (χ1) is 14.4. The summed E-state index contributed by atoms with van der Waals surface area (Å²) in [5, 5.41) is 14.5. The van der Waals surface area contributed by atoms with Gasteiger partial charge in [0.1, 0.15) is 17.5 Å². The highest BCUT2D eigenvalue weighted by Gasteiger charge is 2.17. The van der Waals surface area contributed by atoms with Crippen LogP contribution in [0.3, 0.4) is 0 Å². The molecule has 4 aromatic rings. The Balaban J connectivity index is 1.86. The second kappa shape index (κ2) is 7.75. The van der Waals surface area contributed by atoms with E-state index in [1.165, 1.54) is 12.1 Å². The summed E-state index contributed by atoms with van der Waals surface area (Å²) in [6, 6.07) is 4.52. The molecule has 0 aliphatic heterocycles. The maximum atomic E-state index is 14.3. The quantitative estimate of drug-likeness (QED) is 0.332. The molecule has 0 saturated heterocycles. The zero-order valence-corrected chi connectivity index (χ0v) is 17.0. The lowest BCUT2D eigenvalue weighted by atomic mass is 10.1. The fourth-order valence-electron chi connectivity index (χ4n) is 3.64. The monoisotopic (exact) mass is 409 g/mol. The first-order valence-corrected chi connectivity index (χ1v) is 9.82. The maximum Gasteiger partial charge on any atom is 0.275 e. The van der Waals surface area contributed by atoms with Crippen molar-refractivity contribution in [3.05, 3.63) is 52.3 Å². The second-order valence-corrected chi connectivity index (χ2v) is 7.51. The fourth-order valence-corrected chi connectivity index (χ4v) is 3.64. The summed E-state index contributed by atoms with van der Waals surface area (Å²) in [6.07, 6.45) is 4.17. The maximum absolute atomic E-state index is 14.3. The number of benzene rings is 1. The van der Waals surface area contributed by atoms with Crippen LogP contribution < -0.4 is 21.9 Å². The summed E-state index contributed by atoms with van der Waals surface area (Å²) < 4.78 is 14.3. The minimum absolute atomic E-state index is 0.00434. The number of aromatic amines is 2. The Kier molecular flexibility index (Phi) is 5.13. The molecule has 0 aliphatic carbocycles. The Morgan fingerprint density at radius 1 is 1.30 bits per heavy atom. The number of hydrogen-bond donors (Lipinski definition) is 5. The highest BCUT2D eigenvalue weighted by molar-refractivity contribution is 5.99. The summed E-state index contributed by atoms with van der Waals surface area (Å²) in [4.78, 5) is 20.3. The lowest BCUT2D eigenvalue weighted by Crippen LogP contribution is -2.37. The molecule has 0 fully saturated rings. The van der Waals surface area contributed by atoms with Crippen LogP contribution in [0, 0.1) is 12.7 Å². The van der Waals surface area contributed by atoms with Crippen molar-refractivity contribution in [1.29, 1.82) is 0 Å². The molecular weight excluding hydrogens is 385 g/mol. The van der Waals surface area contributed by atoms with E-state index < -0.39 is 0 Å². The van der Waals surface area contributed by atoms with Crippen LogP contribution in [0.1, 0.15) is 25.8 Å². The zero-order valence-electron chi connectivity index (χ0n) is 17.0. The minimum atomic E-state index is -0.386. The van der Waals surface area contributed by atoms with E-state index >= 15 is 0 Å². The number of aryl methyl sites for hydroxylation is 1. The summed E-state index contributed by atoms with van der Waals surface area (Å²) in [7, 11) is 0. The van der Waals surface area contributed by atoms with Crippen molar-refractivity contribution in [3.8, 4) is 0 Å². The topological polar surface area (TPSA) is 125 Å². The Hall–Kier alpha value is -3.46. The molecule has 6 N–H and O–H groups in total. The van der Waals surface area contributed by atoms with Gasteiger partial charge in [0.25, 0.3) is 5.56 Å². The summed E-state index contributed by atoms with van der Waals surface area (Å²) >= 11 is 0. The molecule has 0 spiro atoms. The van der Waals surface area contributed by atoms with Crippen molar-refractivity contribution in [2.24, 2.45) is 5.73 Å². The van der Waals surface area contributed by atoms with Gasteiger partial charge in [0.05, 0.1) is 22.8 Å². The number of nitrogens with two attached hydrogens (primary N) is 1. The number of pyridine rings is 1. The third-order valence-electron chi connectivity index (χ3n) is 5.27. The minimum Gasteiger partial charge on any atom is -0.366 e. The molecule has 9 heteroatoms. The SMILES string of the molecule is CC[C@@H](Nc1cc2cn[nH]c(=O)c2c(Nc2cc(F)cc3c(C)c[nH]c23)n1)C(C)N. The normalized spacial score (nSPS) is 13.5. The second-order valence-electron chi connectivity index (χ2n) is 7.51. The van der Waals surface area contributed by atoms with Gasteiger partial charge in [-0.05, 0) is 44.0 Å². The number of fused-ring (bicyclic) bond motifs is 2. The Labute approximate surface area is 172 Å². The number of H-pyrrole nitrogens is 2. The lowest BCUT2D eigenvalue weighted by molar-refractivity contribution is 0.577. The highest BCUT2D eigenvalue weighted by Crippen LogP contribution is 2.31. The number of aromatic nitrogens is 4. The number of nitrogens with one attached hydrogen (secondary N) is 4. The number of anilines is 3. The van der Waals surface area contributed by atoms with Gasteiger partial charge in [-0.2, -0.15) is 5.10 Å². The zero-order chi connectivity index (χ0) is 21.4. The van der Waals surface area contributed by atoms with Crippen LogP contribution in [-0.4, -0.2) is 32.2 Å². The van der Waals surface area contributed by atoms with Crippen LogP contribution in [0.25, 0.3) is 21.7 Å². The predicted octanol–water partition coefficient (Wildman–Crippen LogP) is 3.53. The molecule has 0 saturated carbocycles. The van der Waals surface area contributed by atoms with Gasteiger partial charge in [0.2, 0.25) is 0 Å². The van der Waals surface area contributed by atoms with E-state index in [1.54, 1.807) is 12.3 Å². The van der Waals surface area contributed by atoms with Crippen molar-refractivity contribution in [2.45, 2.75) is 39.3 Å². The molecule has 1 unspecified atom stereocenters. The van der Waals surface area contributed by atoms with Crippen LogP contribution >= 0.6 is 0 Å². The van der Waals surface area contributed by atoms with Crippen LogP contribution in [0.15, 0.2) is 35.4 Å². The molecule has 0 bridgehead atoms. The van der Waals surface area contributed by atoms with Gasteiger partial charge in [-0.25, -0.2) is 14.5 Å². The number of rotatable bonds is 6. The van der Waals surface area contributed by atoms with E-state index in [2.05, 4.69) is 30.8 Å². The van der Waals surface area contributed by atoms with E-state index in [4.69, 9.17) is 5.73 Å². The van der Waals surface area contributed by atoms with Crippen molar-refractivity contribution in [3.63, 3.8) is 0 Å². The van der Waals surface area contributed by atoms with Crippen LogP contribution in [-0.2, 0) is 0 Å². The molecule has 4 rings (SSSR count). The molecule has 3 heterocycles. The van der Waals surface area contributed by atoms with Crippen molar-refractivity contribution < 1.29 is 4.39 Å². The molecule has 8 nitrogen and oxygen atoms in total. The number of halogens is 1. The van der Waals surface area contributed by atoms with E-state index in [-0.39, 0.29) is 23.5 Å². The van der Waals surface area contributed by atoms with Crippen molar-refractivity contribution in [1.82, 2.24) is 20.2 Å². The highest BCUT2D eigenvalue weighted by atomic mass is 19.1. The number of hydrogen-bond acceptors (Lipinski definition) is 6. The summed E-state index contributed by atoms with van der Waals surface area (Å²) in [5.74, 6) is 0.471. The predicted molar refractivity (Wildman–Crippen MR) is 118 cm³/mol. The van der Waals surface area contributed by atoms with Gasteiger partial charge >= 0.3 is 0 Å². The smallest absolute Gasteiger partial charge is 0.275 e. The Bertz CT molecular complexity index is 1280. The van der Waals surface area contributed by atoms with Gasteiger partial charge in [0.15, 0.2) is 0 Å². The molecule has 1 aromatic carbocycles. The number of nitrogens with zero attached hydrogens (tertiary/aromatic N) is 2. The van der Waals surface area contributed by atoms with Crippen LogP contribution in [0.5, 0.6) is 0 Å². The molecule has 0 radical (unpaired) electrons. The molecule has 0 aliphatic rings. The third kappa shape index (κ3) is 3.59. The molecule has 156 valence electrons. The van der Waals surface area contributed by atoms with E-state index in [0.717, 1.165) is 22.9 Å². The van der Waals surface area contributed by atoms with Gasteiger partial charge in [-0.3, -0.25) is 4.79 Å². The Morgan fingerprint density at radius 2 is 2.10 bits per heavy atom. The first kappa shape index (κ1) is 19.8. The Morgan fingerprint density at radius 3 is 2.83 bits per heavy atom. The molecular formula is C21H24FN7O.